The summed E-state index contributed by atoms with van der Waals surface area (Å²) in [6.45, 7) is 0.165. The number of nitrogens with two attached hydrogens (primary N) is 1. The second-order valence-corrected chi connectivity index (χ2v) is 4.75. The molecule has 4 N–H and O–H groups in total. The monoisotopic (exact) mass is 261 g/mol. The van der Waals surface area contributed by atoms with Crippen LogP contribution in [-0.4, -0.2) is 31.2 Å². The minimum Gasteiger partial charge on any atom is -0.396 e. The van der Waals surface area contributed by atoms with Crippen LogP contribution in [0.25, 0.3) is 11.2 Å². The molecule has 0 amide bonds. The number of aliphatic hydroxyl groups is 1. The first-order valence-corrected chi connectivity index (χ1v) is 6.20. The first-order chi connectivity index (χ1) is 9.19. The highest BCUT2D eigenvalue weighted by Crippen LogP contribution is 2.27. The third-order valence-electron chi connectivity index (χ3n) is 3.48. The Morgan fingerprint density at radius 2 is 2.32 bits per heavy atom. The van der Waals surface area contributed by atoms with Gasteiger partial charge in [-0.1, -0.05) is 12.2 Å². The van der Waals surface area contributed by atoms with Crippen molar-refractivity contribution in [2.45, 2.75) is 18.9 Å². The van der Waals surface area contributed by atoms with Crippen LogP contribution in [-0.2, 0) is 0 Å². The van der Waals surface area contributed by atoms with Crippen LogP contribution in [0.4, 0.5) is 5.95 Å². The van der Waals surface area contributed by atoms with E-state index in [1.807, 2.05) is 16.7 Å². The van der Waals surface area contributed by atoms with Gasteiger partial charge in [-0.25, -0.2) is 4.98 Å². The molecule has 1 aliphatic carbocycles. The zero-order valence-corrected chi connectivity index (χ0v) is 10.3. The van der Waals surface area contributed by atoms with Crippen molar-refractivity contribution in [1.29, 1.82) is 0 Å². The Hall–Kier alpha value is -2.15. The SMILES string of the molecule is Nc1nc2c(ncn2[C@@H]2C=C[C@H](CO)CC2)c(=O)[nH]1. The zero-order chi connectivity index (χ0) is 13.4. The van der Waals surface area contributed by atoms with E-state index in [1.165, 1.54) is 0 Å². The average molecular weight is 261 g/mol. The first kappa shape index (κ1) is 11.9. The van der Waals surface area contributed by atoms with Gasteiger partial charge in [0.05, 0.1) is 12.4 Å². The van der Waals surface area contributed by atoms with E-state index in [0.717, 1.165) is 12.8 Å². The number of nitrogens with zero attached hydrogens (tertiary/aromatic N) is 3. The maximum absolute atomic E-state index is 11.7. The zero-order valence-electron chi connectivity index (χ0n) is 10.3. The summed E-state index contributed by atoms with van der Waals surface area (Å²) in [6.07, 6.45) is 7.40. The van der Waals surface area contributed by atoms with E-state index in [9.17, 15) is 4.79 Å². The number of nitrogens with one attached hydrogen (secondary N) is 1. The third kappa shape index (κ3) is 2.01. The predicted octanol–water partition coefficient (Wildman–Crippen LogP) is 0.201. The van der Waals surface area contributed by atoms with Crippen molar-refractivity contribution in [2.75, 3.05) is 12.3 Å². The van der Waals surface area contributed by atoms with Gasteiger partial charge in [0.15, 0.2) is 11.2 Å². The summed E-state index contributed by atoms with van der Waals surface area (Å²) in [6, 6.07) is 0.0986. The number of aromatic amines is 1. The highest BCUT2D eigenvalue weighted by Gasteiger charge is 2.19. The van der Waals surface area contributed by atoms with Crippen molar-refractivity contribution in [1.82, 2.24) is 19.5 Å². The second kappa shape index (κ2) is 4.51. The van der Waals surface area contributed by atoms with Crippen LogP contribution in [0.3, 0.4) is 0 Å². The minimum atomic E-state index is -0.325. The smallest absolute Gasteiger partial charge is 0.280 e. The molecule has 3 rings (SSSR count). The Labute approximate surface area is 108 Å². The van der Waals surface area contributed by atoms with Crippen LogP contribution >= 0.6 is 0 Å². The van der Waals surface area contributed by atoms with E-state index in [2.05, 4.69) is 15.0 Å². The van der Waals surface area contributed by atoms with Crippen LogP contribution in [0.15, 0.2) is 23.3 Å². The Bertz CT molecular complexity index is 687. The van der Waals surface area contributed by atoms with Crippen molar-refractivity contribution in [2.24, 2.45) is 5.92 Å². The largest absolute Gasteiger partial charge is 0.396 e. The molecule has 0 fully saturated rings. The Kier molecular flexibility index (Phi) is 2.83. The fourth-order valence-electron chi connectivity index (χ4n) is 2.43. The van der Waals surface area contributed by atoms with Gasteiger partial charge in [-0.05, 0) is 12.8 Å². The molecule has 2 aromatic rings. The quantitative estimate of drug-likeness (QED) is 0.669. The first-order valence-electron chi connectivity index (χ1n) is 6.20. The molecule has 0 saturated heterocycles. The number of allylic oxidation sites excluding steroid dienone is 1. The van der Waals surface area contributed by atoms with Crippen molar-refractivity contribution in [3.8, 4) is 0 Å². The number of rotatable bonds is 2. The van der Waals surface area contributed by atoms with E-state index in [-0.39, 0.29) is 30.1 Å². The highest BCUT2D eigenvalue weighted by molar-refractivity contribution is 5.70. The van der Waals surface area contributed by atoms with Crippen LogP contribution < -0.4 is 11.3 Å². The molecule has 0 unspecified atom stereocenters. The summed E-state index contributed by atoms with van der Waals surface area (Å²) >= 11 is 0. The summed E-state index contributed by atoms with van der Waals surface area (Å²) in [7, 11) is 0. The lowest BCUT2D eigenvalue weighted by Gasteiger charge is -2.22. The lowest BCUT2D eigenvalue weighted by Crippen LogP contribution is -2.17. The van der Waals surface area contributed by atoms with Crippen molar-refractivity contribution in [3.63, 3.8) is 0 Å². The fraction of sp³-hybridized carbons (Fsp3) is 0.417. The van der Waals surface area contributed by atoms with Crippen LogP contribution in [0.1, 0.15) is 18.9 Å². The number of hydrogen-bond donors (Lipinski definition) is 3. The molecule has 0 bridgehead atoms. The molecule has 1 aliphatic rings. The van der Waals surface area contributed by atoms with E-state index in [1.54, 1.807) is 6.33 Å². The van der Waals surface area contributed by atoms with Gasteiger partial charge in [-0.2, -0.15) is 4.98 Å². The molecule has 0 aromatic carbocycles. The summed E-state index contributed by atoms with van der Waals surface area (Å²) < 4.78 is 1.85. The van der Waals surface area contributed by atoms with Gasteiger partial charge in [0, 0.05) is 12.5 Å². The summed E-state index contributed by atoms with van der Waals surface area (Å²) in [5, 5.41) is 9.11. The number of anilines is 1. The topological polar surface area (TPSA) is 110 Å². The number of H-pyrrole nitrogens is 1. The van der Waals surface area contributed by atoms with Crippen LogP contribution in [0.5, 0.6) is 0 Å². The molecule has 7 heteroatoms. The molecule has 100 valence electrons. The van der Waals surface area contributed by atoms with Crippen molar-refractivity contribution < 1.29 is 5.11 Å². The number of aliphatic hydroxyl groups excluding tert-OH is 1. The van der Waals surface area contributed by atoms with Gasteiger partial charge in [0.25, 0.3) is 5.56 Å². The molecule has 2 heterocycles. The van der Waals surface area contributed by atoms with Gasteiger partial charge in [-0.15, -0.1) is 0 Å². The Morgan fingerprint density at radius 3 is 3.00 bits per heavy atom. The van der Waals surface area contributed by atoms with E-state index in [0.29, 0.717) is 11.2 Å². The van der Waals surface area contributed by atoms with Crippen molar-refractivity contribution >= 4 is 17.1 Å². The van der Waals surface area contributed by atoms with Crippen LogP contribution in [0, 0.1) is 5.92 Å². The summed E-state index contributed by atoms with van der Waals surface area (Å²) in [5.74, 6) is 0.305. The van der Waals surface area contributed by atoms with Gasteiger partial charge in [0.2, 0.25) is 5.95 Å². The molecule has 19 heavy (non-hydrogen) atoms. The van der Waals surface area contributed by atoms with Crippen LogP contribution in [0.2, 0.25) is 0 Å². The average Bonchev–Trinajstić information content (AvgIpc) is 2.83. The molecule has 7 nitrogen and oxygen atoms in total. The number of fused-ring (bicyclic) bond motifs is 1. The Morgan fingerprint density at radius 1 is 1.47 bits per heavy atom. The number of nitrogen functional groups attached to an aromatic ring is 1. The molecule has 2 atom stereocenters. The number of imidazole rings is 1. The predicted molar refractivity (Wildman–Crippen MR) is 70.5 cm³/mol. The standard InChI is InChI=1S/C12H15N5O2/c13-12-15-10-9(11(19)16-12)14-6-17(10)8-3-1-7(5-18)2-4-8/h1,3,6-8,18H,2,4-5H2,(H3,13,15,16,19)/t7-,8+/m0/s1. The maximum atomic E-state index is 11.7. The molecule has 2 aromatic heterocycles. The van der Waals surface area contributed by atoms with Gasteiger partial charge >= 0.3 is 0 Å². The molecular weight excluding hydrogens is 246 g/mol. The summed E-state index contributed by atoms with van der Waals surface area (Å²) in [5.41, 5.74) is 6.04. The van der Waals surface area contributed by atoms with E-state index in [4.69, 9.17) is 10.8 Å². The summed E-state index contributed by atoms with van der Waals surface area (Å²) in [4.78, 5) is 22.4. The second-order valence-electron chi connectivity index (χ2n) is 4.75. The minimum absolute atomic E-state index is 0.0901. The maximum Gasteiger partial charge on any atom is 0.280 e. The molecule has 0 spiro atoms. The Balaban J connectivity index is 2.05. The highest BCUT2D eigenvalue weighted by atomic mass is 16.3. The molecule has 0 aliphatic heterocycles. The number of hydrogen-bond acceptors (Lipinski definition) is 5. The molecule has 0 radical (unpaired) electrons. The van der Waals surface area contributed by atoms with Crippen molar-refractivity contribution in [3.05, 3.63) is 28.8 Å². The lowest BCUT2D eigenvalue weighted by molar-refractivity contribution is 0.235. The van der Waals surface area contributed by atoms with E-state index >= 15 is 0 Å². The normalized spacial score (nSPS) is 23.0. The lowest BCUT2D eigenvalue weighted by atomic mass is 9.93. The third-order valence-corrected chi connectivity index (χ3v) is 3.48. The number of aromatic nitrogens is 4. The molecule has 0 saturated carbocycles. The van der Waals surface area contributed by atoms with Gasteiger partial charge in [0.1, 0.15) is 0 Å². The van der Waals surface area contributed by atoms with E-state index < -0.39 is 0 Å². The molecular formula is C12H15N5O2. The van der Waals surface area contributed by atoms with Gasteiger partial charge < -0.3 is 15.4 Å². The van der Waals surface area contributed by atoms with Gasteiger partial charge in [-0.3, -0.25) is 9.78 Å². The fourth-order valence-corrected chi connectivity index (χ4v) is 2.43.